The quantitative estimate of drug-likeness (QED) is 0.470. The number of halogens is 1. The second-order valence-electron chi connectivity index (χ2n) is 2.94. The molecule has 88 valence electrons. The number of ketones is 1. The lowest BCUT2D eigenvalue weighted by molar-refractivity contribution is 0.102. The van der Waals surface area contributed by atoms with E-state index in [9.17, 15) is 4.79 Å². The van der Waals surface area contributed by atoms with Gasteiger partial charge in [0.25, 0.3) is 0 Å². The Morgan fingerprint density at radius 1 is 1.12 bits per heavy atom. The monoisotopic (exact) mass is 336 g/mol. The van der Waals surface area contributed by atoms with Crippen molar-refractivity contribution in [1.29, 1.82) is 0 Å². The summed E-state index contributed by atoms with van der Waals surface area (Å²) in [6.45, 7) is 0. The molecule has 0 fully saturated rings. The van der Waals surface area contributed by atoms with Gasteiger partial charge in [0.15, 0.2) is 17.3 Å². The van der Waals surface area contributed by atoms with Gasteiger partial charge in [0, 0.05) is 0 Å². The summed E-state index contributed by atoms with van der Waals surface area (Å²) in [5.41, 5.74) is 0.509. The van der Waals surface area contributed by atoms with Crippen molar-refractivity contribution in [2.45, 2.75) is 0 Å². The molecule has 0 aliphatic heterocycles. The highest BCUT2D eigenvalue weighted by Crippen LogP contribution is 2.39. The van der Waals surface area contributed by atoms with E-state index in [1.54, 1.807) is 12.1 Å². The van der Waals surface area contributed by atoms with E-state index in [1.807, 2.05) is 22.6 Å². The zero-order chi connectivity index (χ0) is 12.1. The van der Waals surface area contributed by atoms with Crippen molar-refractivity contribution in [3.63, 3.8) is 0 Å². The number of alkyl halides is 1. The molecular formula is C11H13IO4. The Hall–Kier alpha value is -0.980. The van der Waals surface area contributed by atoms with E-state index in [2.05, 4.69) is 0 Å². The molecule has 0 heterocycles. The van der Waals surface area contributed by atoms with Crippen molar-refractivity contribution in [3.05, 3.63) is 17.7 Å². The van der Waals surface area contributed by atoms with Crippen molar-refractivity contribution in [2.75, 3.05) is 25.8 Å². The van der Waals surface area contributed by atoms with E-state index in [0.29, 0.717) is 27.2 Å². The third kappa shape index (κ3) is 2.40. The van der Waals surface area contributed by atoms with Crippen molar-refractivity contribution in [3.8, 4) is 17.2 Å². The number of carbonyl (C=O) groups is 1. The van der Waals surface area contributed by atoms with Crippen LogP contribution in [0.4, 0.5) is 0 Å². The minimum atomic E-state index is -0.00148. The second kappa shape index (κ2) is 5.93. The van der Waals surface area contributed by atoms with Crippen LogP contribution in [0, 0.1) is 0 Å². The van der Waals surface area contributed by atoms with Gasteiger partial charge in [-0.1, -0.05) is 22.6 Å². The molecule has 0 aliphatic carbocycles. The van der Waals surface area contributed by atoms with Crippen LogP contribution in [-0.2, 0) is 0 Å². The van der Waals surface area contributed by atoms with E-state index in [0.717, 1.165) is 0 Å². The fourth-order valence-electron chi connectivity index (χ4n) is 1.39. The molecule has 0 saturated carbocycles. The zero-order valence-corrected chi connectivity index (χ0v) is 11.5. The van der Waals surface area contributed by atoms with Crippen LogP contribution in [0.2, 0.25) is 0 Å². The number of hydrogen-bond acceptors (Lipinski definition) is 4. The number of benzene rings is 1. The SMILES string of the molecule is COc1ccc(C(=O)CI)c(OC)c1OC. The van der Waals surface area contributed by atoms with Gasteiger partial charge in [-0.15, -0.1) is 0 Å². The Kier molecular flexibility index (Phi) is 4.85. The van der Waals surface area contributed by atoms with Gasteiger partial charge in [0.05, 0.1) is 31.3 Å². The van der Waals surface area contributed by atoms with Crippen molar-refractivity contribution in [1.82, 2.24) is 0 Å². The van der Waals surface area contributed by atoms with Crippen LogP contribution in [0.5, 0.6) is 17.2 Å². The van der Waals surface area contributed by atoms with Crippen LogP contribution >= 0.6 is 22.6 Å². The predicted molar refractivity (Wildman–Crippen MR) is 69.3 cm³/mol. The second-order valence-corrected chi connectivity index (χ2v) is 3.70. The lowest BCUT2D eigenvalue weighted by Gasteiger charge is -2.14. The Morgan fingerprint density at radius 3 is 2.19 bits per heavy atom. The number of hydrogen-bond donors (Lipinski definition) is 0. The first-order valence-corrected chi connectivity index (χ1v) is 6.10. The van der Waals surface area contributed by atoms with Gasteiger partial charge in [0.1, 0.15) is 0 Å². The van der Waals surface area contributed by atoms with Crippen LogP contribution < -0.4 is 14.2 Å². The van der Waals surface area contributed by atoms with Crippen LogP contribution in [-0.4, -0.2) is 31.5 Å². The van der Waals surface area contributed by atoms with Gasteiger partial charge in [-0.05, 0) is 12.1 Å². The number of ether oxygens (including phenoxy) is 3. The summed E-state index contributed by atoms with van der Waals surface area (Å²) in [6, 6.07) is 3.38. The Labute approximate surface area is 108 Å². The summed E-state index contributed by atoms with van der Waals surface area (Å²) < 4.78 is 15.9. The summed E-state index contributed by atoms with van der Waals surface area (Å²) in [4.78, 5) is 11.7. The van der Waals surface area contributed by atoms with Gasteiger partial charge in [-0.2, -0.15) is 0 Å². The van der Waals surface area contributed by atoms with Gasteiger partial charge in [-0.3, -0.25) is 4.79 Å². The van der Waals surface area contributed by atoms with Gasteiger partial charge in [0.2, 0.25) is 5.75 Å². The summed E-state index contributed by atoms with van der Waals surface area (Å²) >= 11 is 2.01. The first-order valence-electron chi connectivity index (χ1n) is 4.57. The maximum absolute atomic E-state index is 11.7. The molecule has 0 aliphatic rings. The van der Waals surface area contributed by atoms with Gasteiger partial charge in [-0.25, -0.2) is 0 Å². The Bertz CT molecular complexity index is 390. The maximum Gasteiger partial charge on any atom is 0.204 e. The minimum absolute atomic E-state index is 0.00148. The molecule has 0 radical (unpaired) electrons. The number of methoxy groups -OCH3 is 3. The molecule has 0 N–H and O–H groups in total. The molecule has 4 nitrogen and oxygen atoms in total. The average molecular weight is 336 g/mol. The zero-order valence-electron chi connectivity index (χ0n) is 9.37. The third-order valence-corrected chi connectivity index (χ3v) is 2.82. The lowest BCUT2D eigenvalue weighted by Crippen LogP contribution is -2.05. The smallest absolute Gasteiger partial charge is 0.204 e. The van der Waals surface area contributed by atoms with Gasteiger partial charge >= 0.3 is 0 Å². The van der Waals surface area contributed by atoms with E-state index < -0.39 is 0 Å². The van der Waals surface area contributed by atoms with Crippen molar-refractivity contribution >= 4 is 28.4 Å². The number of carbonyl (C=O) groups excluding carboxylic acids is 1. The fraction of sp³-hybridized carbons (Fsp3) is 0.364. The van der Waals surface area contributed by atoms with E-state index in [4.69, 9.17) is 14.2 Å². The molecule has 16 heavy (non-hydrogen) atoms. The molecule has 0 spiro atoms. The number of rotatable bonds is 5. The highest BCUT2D eigenvalue weighted by molar-refractivity contribution is 14.1. The lowest BCUT2D eigenvalue weighted by atomic mass is 10.1. The van der Waals surface area contributed by atoms with Crippen LogP contribution in [0.25, 0.3) is 0 Å². The minimum Gasteiger partial charge on any atom is -0.493 e. The standard InChI is InChI=1S/C11H13IO4/c1-14-9-5-4-7(8(13)6-12)10(15-2)11(9)16-3/h4-5H,6H2,1-3H3. The topological polar surface area (TPSA) is 44.8 Å². The summed E-state index contributed by atoms with van der Waals surface area (Å²) in [5, 5.41) is 0. The van der Waals surface area contributed by atoms with Gasteiger partial charge < -0.3 is 14.2 Å². The Morgan fingerprint density at radius 2 is 1.75 bits per heavy atom. The molecule has 1 aromatic carbocycles. The molecule has 0 atom stereocenters. The number of Topliss-reactive ketones (excluding diaryl/α,β-unsaturated/α-hetero) is 1. The van der Waals surface area contributed by atoms with Crippen molar-refractivity contribution < 1.29 is 19.0 Å². The molecule has 0 unspecified atom stereocenters. The molecule has 1 aromatic rings. The molecule has 1 rings (SSSR count). The summed E-state index contributed by atoms with van der Waals surface area (Å²) in [5.74, 6) is 1.41. The first-order chi connectivity index (χ1) is 7.69. The predicted octanol–water partition coefficient (Wildman–Crippen LogP) is 2.33. The van der Waals surface area contributed by atoms with Crippen LogP contribution in [0.3, 0.4) is 0 Å². The average Bonchev–Trinajstić information content (AvgIpc) is 2.35. The highest BCUT2D eigenvalue weighted by atomic mass is 127. The first kappa shape index (κ1) is 13.1. The molecule has 0 saturated heterocycles. The molecule has 5 heteroatoms. The molecule has 0 aromatic heterocycles. The summed E-state index contributed by atoms with van der Waals surface area (Å²) in [6.07, 6.45) is 0. The fourth-order valence-corrected chi connectivity index (χ4v) is 1.80. The normalized spacial score (nSPS) is 9.75. The van der Waals surface area contributed by atoms with Crippen molar-refractivity contribution in [2.24, 2.45) is 0 Å². The summed E-state index contributed by atoms with van der Waals surface area (Å²) in [7, 11) is 4.55. The van der Waals surface area contributed by atoms with Crippen LogP contribution in [0.15, 0.2) is 12.1 Å². The maximum atomic E-state index is 11.7. The largest absolute Gasteiger partial charge is 0.493 e. The third-order valence-electron chi connectivity index (χ3n) is 2.13. The molecule has 0 amide bonds. The molecular weight excluding hydrogens is 323 g/mol. The highest BCUT2D eigenvalue weighted by Gasteiger charge is 2.19. The van der Waals surface area contributed by atoms with Crippen LogP contribution in [0.1, 0.15) is 10.4 Å². The van der Waals surface area contributed by atoms with E-state index in [1.165, 1.54) is 21.3 Å². The van der Waals surface area contributed by atoms with E-state index >= 15 is 0 Å². The van der Waals surface area contributed by atoms with E-state index in [-0.39, 0.29) is 5.78 Å². The molecule has 0 bridgehead atoms. The Balaban J connectivity index is 3.37.